The molecule has 1 aliphatic rings. The van der Waals surface area contributed by atoms with Gasteiger partial charge in [0.25, 0.3) is 5.91 Å². The fourth-order valence-electron chi connectivity index (χ4n) is 3.09. The van der Waals surface area contributed by atoms with Gasteiger partial charge in [0.15, 0.2) is 0 Å². The van der Waals surface area contributed by atoms with Gasteiger partial charge in [0, 0.05) is 6.54 Å². The Morgan fingerprint density at radius 3 is 1.30 bits per heavy atom. The molecule has 2 nitrogen and oxygen atoms in total. The molecule has 1 rings (SSSR count). The molecule has 30 heavy (non-hydrogen) atoms. The maximum atomic E-state index is 14.4. The molecule has 1 saturated carbocycles. The van der Waals surface area contributed by atoms with Crippen LogP contribution >= 0.6 is 0 Å². The second kappa shape index (κ2) is 8.68. The number of hydrogen-bond donors (Lipinski definition) is 1. The monoisotopic (exact) mass is 465 g/mol. The first-order valence-electron chi connectivity index (χ1n) is 9.34. The van der Waals surface area contributed by atoms with Crippen LogP contribution in [0.25, 0.3) is 0 Å². The van der Waals surface area contributed by atoms with E-state index in [-0.39, 0.29) is 6.42 Å². The molecule has 0 aliphatic heterocycles. The van der Waals surface area contributed by atoms with Crippen molar-refractivity contribution in [3.63, 3.8) is 0 Å². The smallest absolute Gasteiger partial charge is 0.353 e. The van der Waals surface area contributed by atoms with Crippen LogP contribution in [0.2, 0.25) is 0 Å². The van der Waals surface area contributed by atoms with Crippen molar-refractivity contribution in [1.29, 1.82) is 0 Å². The third-order valence-corrected chi connectivity index (χ3v) is 5.07. The van der Waals surface area contributed by atoms with E-state index in [1.807, 2.05) is 6.92 Å². The molecule has 1 aliphatic carbocycles. The van der Waals surface area contributed by atoms with Crippen LogP contribution < -0.4 is 5.32 Å². The molecule has 1 N–H and O–H groups in total. The van der Waals surface area contributed by atoms with E-state index in [1.54, 1.807) is 0 Å². The predicted octanol–water partition coefficient (Wildman–Crippen LogP) is 6.14. The summed E-state index contributed by atoms with van der Waals surface area (Å²) in [7, 11) is 0. The van der Waals surface area contributed by atoms with Crippen LogP contribution in [-0.2, 0) is 4.79 Å². The van der Waals surface area contributed by atoms with Crippen LogP contribution in [0.5, 0.6) is 0 Å². The van der Waals surface area contributed by atoms with Crippen molar-refractivity contribution >= 4 is 5.91 Å². The number of halogens is 11. The molecule has 1 amide bonds. The van der Waals surface area contributed by atoms with Crippen LogP contribution in [0, 0.1) is 0 Å². The number of carbonyl (C=O) groups is 1. The Hall–Kier alpha value is -1.30. The van der Waals surface area contributed by atoms with Crippen molar-refractivity contribution in [2.24, 2.45) is 0 Å². The average molecular weight is 465 g/mol. The Morgan fingerprint density at radius 2 is 0.900 bits per heavy atom. The third kappa shape index (κ3) is 3.63. The quantitative estimate of drug-likeness (QED) is 0.305. The molecule has 0 bridgehead atoms. The normalized spacial score (nSPS) is 24.9. The van der Waals surface area contributed by atoms with E-state index in [1.165, 1.54) is 0 Å². The van der Waals surface area contributed by atoms with E-state index in [9.17, 15) is 53.1 Å². The molecule has 13 heteroatoms. The standard InChI is InChI=1S/C17H22F11NO/c1-2-3-4-5-6-7-8-9-10-29-11(30)12(18)13(19,20)15(23,24)17(27,28)16(25,26)14(12,21)22/h2-10H2,1H3,(H,29,30). The molecule has 1 fully saturated rings. The Kier molecular flexibility index (Phi) is 7.73. The zero-order valence-electron chi connectivity index (χ0n) is 15.9. The maximum absolute atomic E-state index is 14.4. The van der Waals surface area contributed by atoms with Gasteiger partial charge in [0.2, 0.25) is 0 Å². The molecule has 0 spiro atoms. The highest BCUT2D eigenvalue weighted by molar-refractivity contribution is 5.88. The van der Waals surface area contributed by atoms with Crippen LogP contribution in [0.1, 0.15) is 58.3 Å². The van der Waals surface area contributed by atoms with Crippen LogP contribution in [0.3, 0.4) is 0 Å². The minimum atomic E-state index is -7.32. The van der Waals surface area contributed by atoms with Crippen LogP contribution in [0.15, 0.2) is 0 Å². The number of rotatable bonds is 10. The highest BCUT2D eigenvalue weighted by Crippen LogP contribution is 2.69. The lowest BCUT2D eigenvalue weighted by molar-refractivity contribution is -0.476. The number of hydrogen-bond acceptors (Lipinski definition) is 1. The second-order valence-corrected chi connectivity index (χ2v) is 7.26. The van der Waals surface area contributed by atoms with E-state index < -0.39 is 47.7 Å². The SMILES string of the molecule is CCCCCCCCCCNC(=O)C1(F)C(F)(F)C(F)(F)C(F)(F)C(F)(F)C1(F)F. The zero-order chi connectivity index (χ0) is 23.6. The molecule has 178 valence electrons. The molecule has 0 atom stereocenters. The van der Waals surface area contributed by atoms with Crippen LogP contribution in [0.4, 0.5) is 48.3 Å². The van der Waals surface area contributed by atoms with E-state index >= 15 is 0 Å². The molecular formula is C17H22F11NO. The fraction of sp³-hybridized carbons (Fsp3) is 0.941. The van der Waals surface area contributed by atoms with Gasteiger partial charge in [-0.2, -0.15) is 43.9 Å². The fourth-order valence-corrected chi connectivity index (χ4v) is 3.09. The zero-order valence-corrected chi connectivity index (χ0v) is 15.9. The maximum Gasteiger partial charge on any atom is 0.384 e. The number of alkyl halides is 11. The Labute approximate surface area is 165 Å². The van der Waals surface area contributed by atoms with E-state index in [4.69, 9.17) is 0 Å². The van der Waals surface area contributed by atoms with Gasteiger partial charge in [-0.05, 0) is 6.42 Å². The van der Waals surface area contributed by atoms with Gasteiger partial charge in [-0.3, -0.25) is 4.79 Å². The molecule has 0 aromatic heterocycles. The molecule has 0 saturated heterocycles. The van der Waals surface area contributed by atoms with Crippen molar-refractivity contribution < 1.29 is 53.1 Å². The highest BCUT2D eigenvalue weighted by atomic mass is 19.4. The summed E-state index contributed by atoms with van der Waals surface area (Å²) in [4.78, 5) is 11.6. The van der Waals surface area contributed by atoms with Gasteiger partial charge in [-0.15, -0.1) is 0 Å². The lowest BCUT2D eigenvalue weighted by Crippen LogP contribution is -2.86. The van der Waals surface area contributed by atoms with Gasteiger partial charge >= 0.3 is 35.3 Å². The van der Waals surface area contributed by atoms with Gasteiger partial charge < -0.3 is 5.32 Å². The van der Waals surface area contributed by atoms with Crippen molar-refractivity contribution in [3.05, 3.63) is 0 Å². The predicted molar refractivity (Wildman–Crippen MR) is 84.2 cm³/mol. The molecule has 0 radical (unpaired) electrons. The lowest BCUT2D eigenvalue weighted by Gasteiger charge is -2.51. The first-order chi connectivity index (χ1) is 13.5. The van der Waals surface area contributed by atoms with Gasteiger partial charge in [0.05, 0.1) is 0 Å². The van der Waals surface area contributed by atoms with Gasteiger partial charge in [-0.1, -0.05) is 51.9 Å². The Balaban J connectivity index is 2.91. The Morgan fingerprint density at radius 1 is 0.567 bits per heavy atom. The van der Waals surface area contributed by atoms with Crippen molar-refractivity contribution in [2.75, 3.05) is 6.54 Å². The molecule has 0 unspecified atom stereocenters. The molecule has 0 heterocycles. The second-order valence-electron chi connectivity index (χ2n) is 7.26. The summed E-state index contributed by atoms with van der Waals surface area (Å²) >= 11 is 0. The van der Waals surface area contributed by atoms with E-state index in [0.717, 1.165) is 37.4 Å². The number of carbonyl (C=O) groups excluding carboxylic acids is 1. The molecule has 0 aromatic rings. The Bertz CT molecular complexity index is 577. The van der Waals surface area contributed by atoms with Crippen molar-refractivity contribution in [2.45, 2.75) is 93.6 Å². The first kappa shape index (κ1) is 26.7. The molecule has 0 aromatic carbocycles. The summed E-state index contributed by atoms with van der Waals surface area (Å²) in [5.74, 6) is -39.3. The first-order valence-corrected chi connectivity index (χ1v) is 9.34. The third-order valence-electron chi connectivity index (χ3n) is 5.07. The summed E-state index contributed by atoms with van der Waals surface area (Å²) < 4.78 is 149. The minimum absolute atomic E-state index is 0.0876. The summed E-state index contributed by atoms with van der Waals surface area (Å²) in [6.07, 6.45) is 5.35. The number of nitrogens with one attached hydrogen (secondary N) is 1. The highest BCUT2D eigenvalue weighted by Gasteiger charge is 3.02. The van der Waals surface area contributed by atoms with Gasteiger partial charge in [-0.25, -0.2) is 4.39 Å². The minimum Gasteiger partial charge on any atom is -0.353 e. The topological polar surface area (TPSA) is 29.1 Å². The number of amides is 1. The van der Waals surface area contributed by atoms with Gasteiger partial charge in [0.1, 0.15) is 0 Å². The van der Waals surface area contributed by atoms with Crippen molar-refractivity contribution in [1.82, 2.24) is 5.32 Å². The van der Waals surface area contributed by atoms with E-state index in [0.29, 0.717) is 12.8 Å². The number of unbranched alkanes of at least 4 members (excludes halogenated alkanes) is 7. The van der Waals surface area contributed by atoms with E-state index in [2.05, 4.69) is 0 Å². The molecular weight excluding hydrogens is 443 g/mol. The summed E-state index contributed by atoms with van der Waals surface area (Å²) in [6.45, 7) is 1.21. The summed E-state index contributed by atoms with van der Waals surface area (Å²) in [6, 6.07) is 0. The van der Waals surface area contributed by atoms with Crippen LogP contribution in [-0.4, -0.2) is 47.7 Å². The summed E-state index contributed by atoms with van der Waals surface area (Å²) in [5.41, 5.74) is -6.60. The average Bonchev–Trinajstić information content (AvgIpc) is 2.64. The largest absolute Gasteiger partial charge is 0.384 e. The van der Waals surface area contributed by atoms with Crippen molar-refractivity contribution in [3.8, 4) is 0 Å². The lowest BCUT2D eigenvalue weighted by atomic mass is 9.71. The summed E-state index contributed by atoms with van der Waals surface area (Å²) in [5, 5.41) is 1.13.